The molecular formula is C17H23NO3. The smallest absolute Gasteiger partial charge is 0.257 e. The highest BCUT2D eigenvalue weighted by Gasteiger charge is 2.38. The molecule has 1 saturated carbocycles. The summed E-state index contributed by atoms with van der Waals surface area (Å²) in [6.45, 7) is 1.60. The van der Waals surface area contributed by atoms with Gasteiger partial charge in [-0.25, -0.2) is 0 Å². The van der Waals surface area contributed by atoms with Crippen molar-refractivity contribution in [3.63, 3.8) is 0 Å². The van der Waals surface area contributed by atoms with Gasteiger partial charge in [-0.15, -0.1) is 0 Å². The highest BCUT2D eigenvalue weighted by Crippen LogP contribution is 2.46. The maximum Gasteiger partial charge on any atom is 0.257 e. The van der Waals surface area contributed by atoms with Gasteiger partial charge in [0.2, 0.25) is 0 Å². The van der Waals surface area contributed by atoms with Crippen molar-refractivity contribution in [2.45, 2.75) is 38.5 Å². The summed E-state index contributed by atoms with van der Waals surface area (Å²) in [5.74, 6) is 0.543. The van der Waals surface area contributed by atoms with Crippen LogP contribution in [0.3, 0.4) is 0 Å². The summed E-state index contributed by atoms with van der Waals surface area (Å²) in [7, 11) is 1.56. The van der Waals surface area contributed by atoms with E-state index in [1.54, 1.807) is 19.2 Å². The van der Waals surface area contributed by atoms with Gasteiger partial charge >= 0.3 is 0 Å². The number of benzene rings is 1. The van der Waals surface area contributed by atoms with Crippen molar-refractivity contribution in [2.24, 2.45) is 5.41 Å². The number of hydrogen-bond donors (Lipinski definition) is 1. The van der Waals surface area contributed by atoms with E-state index in [-0.39, 0.29) is 11.7 Å². The van der Waals surface area contributed by atoms with Crippen LogP contribution in [0.2, 0.25) is 0 Å². The molecule has 114 valence electrons. The fourth-order valence-corrected chi connectivity index (χ4v) is 3.79. The fraction of sp³-hybridized carbons (Fsp3) is 0.588. The molecule has 1 heterocycles. The third-order valence-electron chi connectivity index (χ3n) is 5.21. The molecule has 1 aromatic rings. The number of likely N-dealkylation sites (tertiary alicyclic amines) is 1. The quantitative estimate of drug-likeness (QED) is 0.909. The number of rotatable bonds is 2. The number of aromatic hydroxyl groups is 1. The Labute approximate surface area is 125 Å². The lowest BCUT2D eigenvalue weighted by Gasteiger charge is -2.39. The predicted octanol–water partition coefficient (Wildman–Crippen LogP) is 3.20. The molecule has 1 saturated heterocycles. The zero-order chi connectivity index (χ0) is 14.9. The van der Waals surface area contributed by atoms with E-state index >= 15 is 0 Å². The molecule has 1 aromatic carbocycles. The number of piperidine rings is 1. The Kier molecular flexibility index (Phi) is 3.79. The van der Waals surface area contributed by atoms with Gasteiger partial charge in [0.25, 0.3) is 5.91 Å². The number of nitrogens with zero attached hydrogens (tertiary/aromatic N) is 1. The number of hydrogen-bond acceptors (Lipinski definition) is 3. The molecule has 1 aliphatic heterocycles. The van der Waals surface area contributed by atoms with E-state index < -0.39 is 0 Å². The van der Waals surface area contributed by atoms with Crippen LogP contribution in [-0.2, 0) is 0 Å². The van der Waals surface area contributed by atoms with Crippen LogP contribution in [0.4, 0.5) is 0 Å². The van der Waals surface area contributed by atoms with Crippen LogP contribution in [-0.4, -0.2) is 36.1 Å². The van der Waals surface area contributed by atoms with Gasteiger partial charge in [0.15, 0.2) is 0 Å². The van der Waals surface area contributed by atoms with Crippen LogP contribution in [0.1, 0.15) is 48.9 Å². The van der Waals surface area contributed by atoms with E-state index in [1.807, 2.05) is 4.90 Å². The Morgan fingerprint density at radius 1 is 1.19 bits per heavy atom. The zero-order valence-electron chi connectivity index (χ0n) is 12.6. The Bertz CT molecular complexity index is 525. The minimum atomic E-state index is -0.0840. The second-order valence-electron chi connectivity index (χ2n) is 6.38. The molecule has 21 heavy (non-hydrogen) atoms. The summed E-state index contributed by atoms with van der Waals surface area (Å²) in [5.41, 5.74) is 0.837. The van der Waals surface area contributed by atoms with Crippen molar-refractivity contribution in [3.05, 3.63) is 23.8 Å². The largest absolute Gasteiger partial charge is 0.507 e. The molecule has 2 aliphatic rings. The first-order valence-corrected chi connectivity index (χ1v) is 7.80. The molecule has 0 radical (unpaired) electrons. The summed E-state index contributed by atoms with van der Waals surface area (Å²) in [6.07, 6.45) is 7.51. The normalized spacial score (nSPS) is 20.7. The Balaban J connectivity index is 1.72. The van der Waals surface area contributed by atoms with Gasteiger partial charge in [-0.1, -0.05) is 12.8 Å². The maximum absolute atomic E-state index is 12.6. The molecule has 0 unspecified atom stereocenters. The standard InChI is InChI=1S/C17H23NO3/c1-21-13-4-5-15(19)14(12-13)16(20)18-10-8-17(9-11-18)6-2-3-7-17/h4-5,12,19H,2-3,6-11H2,1H3. The number of ether oxygens (including phenoxy) is 1. The second-order valence-corrected chi connectivity index (χ2v) is 6.38. The molecule has 0 aromatic heterocycles. The number of phenolic OH excluding ortho intramolecular Hbond substituents is 1. The van der Waals surface area contributed by atoms with Crippen molar-refractivity contribution >= 4 is 5.91 Å². The van der Waals surface area contributed by atoms with Crippen LogP contribution >= 0.6 is 0 Å². The number of methoxy groups -OCH3 is 1. The Morgan fingerprint density at radius 2 is 1.86 bits per heavy atom. The zero-order valence-corrected chi connectivity index (χ0v) is 12.6. The van der Waals surface area contributed by atoms with Crippen molar-refractivity contribution < 1.29 is 14.6 Å². The first-order chi connectivity index (χ1) is 10.1. The van der Waals surface area contributed by atoms with Gasteiger partial charge in [-0.05, 0) is 49.3 Å². The van der Waals surface area contributed by atoms with Crippen molar-refractivity contribution in [1.29, 1.82) is 0 Å². The van der Waals surface area contributed by atoms with Gasteiger partial charge in [-0.3, -0.25) is 4.79 Å². The lowest BCUT2D eigenvalue weighted by molar-refractivity contribution is 0.0584. The van der Waals surface area contributed by atoms with E-state index in [0.717, 1.165) is 25.9 Å². The van der Waals surface area contributed by atoms with Crippen LogP contribution in [0, 0.1) is 5.41 Å². The van der Waals surface area contributed by atoms with Gasteiger partial charge in [0.05, 0.1) is 12.7 Å². The van der Waals surface area contributed by atoms with Crippen LogP contribution in [0.25, 0.3) is 0 Å². The summed E-state index contributed by atoms with van der Waals surface area (Å²) >= 11 is 0. The van der Waals surface area contributed by atoms with E-state index in [2.05, 4.69) is 0 Å². The molecule has 1 amide bonds. The molecule has 0 atom stereocenters. The van der Waals surface area contributed by atoms with Gasteiger partial charge in [-0.2, -0.15) is 0 Å². The van der Waals surface area contributed by atoms with Crippen molar-refractivity contribution in [3.8, 4) is 11.5 Å². The Hall–Kier alpha value is -1.71. The third kappa shape index (κ3) is 2.71. The number of phenols is 1. The number of carbonyl (C=O) groups is 1. The SMILES string of the molecule is COc1ccc(O)c(C(=O)N2CCC3(CCCC3)CC2)c1. The summed E-state index contributed by atoms with van der Waals surface area (Å²) in [5, 5.41) is 9.93. The van der Waals surface area contributed by atoms with E-state index in [1.165, 1.54) is 31.7 Å². The molecular weight excluding hydrogens is 266 g/mol. The Morgan fingerprint density at radius 3 is 2.48 bits per heavy atom. The first-order valence-electron chi connectivity index (χ1n) is 7.80. The van der Waals surface area contributed by atoms with Gasteiger partial charge in [0, 0.05) is 13.1 Å². The van der Waals surface area contributed by atoms with E-state index in [4.69, 9.17) is 4.74 Å². The minimum Gasteiger partial charge on any atom is -0.507 e. The average Bonchev–Trinajstić information content (AvgIpc) is 2.96. The van der Waals surface area contributed by atoms with Crippen LogP contribution in [0.5, 0.6) is 11.5 Å². The van der Waals surface area contributed by atoms with Crippen molar-refractivity contribution in [1.82, 2.24) is 4.90 Å². The number of amides is 1. The minimum absolute atomic E-state index is 0.0296. The molecule has 1 aliphatic carbocycles. The highest BCUT2D eigenvalue weighted by molar-refractivity contribution is 5.97. The lowest BCUT2D eigenvalue weighted by Crippen LogP contribution is -2.42. The topological polar surface area (TPSA) is 49.8 Å². The molecule has 1 N–H and O–H groups in total. The lowest BCUT2D eigenvalue weighted by atomic mass is 9.77. The monoisotopic (exact) mass is 289 g/mol. The molecule has 3 rings (SSSR count). The highest BCUT2D eigenvalue weighted by atomic mass is 16.5. The second kappa shape index (κ2) is 5.58. The first kappa shape index (κ1) is 14.2. The van der Waals surface area contributed by atoms with Crippen LogP contribution < -0.4 is 4.74 Å². The predicted molar refractivity (Wildman–Crippen MR) is 80.7 cm³/mol. The summed E-state index contributed by atoms with van der Waals surface area (Å²) < 4.78 is 5.14. The summed E-state index contributed by atoms with van der Waals surface area (Å²) in [6, 6.07) is 4.81. The molecule has 4 nitrogen and oxygen atoms in total. The van der Waals surface area contributed by atoms with Crippen molar-refractivity contribution in [2.75, 3.05) is 20.2 Å². The van der Waals surface area contributed by atoms with Crippen LogP contribution in [0.15, 0.2) is 18.2 Å². The molecule has 2 fully saturated rings. The summed E-state index contributed by atoms with van der Waals surface area (Å²) in [4.78, 5) is 14.5. The molecule has 0 bridgehead atoms. The fourth-order valence-electron chi connectivity index (χ4n) is 3.79. The third-order valence-corrected chi connectivity index (χ3v) is 5.21. The maximum atomic E-state index is 12.6. The average molecular weight is 289 g/mol. The molecule has 1 spiro atoms. The van der Waals surface area contributed by atoms with E-state index in [0.29, 0.717) is 16.7 Å². The number of carbonyl (C=O) groups excluding carboxylic acids is 1. The van der Waals surface area contributed by atoms with Gasteiger partial charge < -0.3 is 14.7 Å². The molecule has 4 heteroatoms. The van der Waals surface area contributed by atoms with E-state index in [9.17, 15) is 9.90 Å². The van der Waals surface area contributed by atoms with Gasteiger partial charge in [0.1, 0.15) is 11.5 Å².